The molecular weight excluding hydrogens is 288 g/mol. The van der Waals surface area contributed by atoms with Crippen molar-refractivity contribution in [2.45, 2.75) is 45.8 Å². The molecule has 0 spiro atoms. The minimum Gasteiger partial charge on any atom is -0.326 e. The Balaban J connectivity index is 2.06. The molecule has 100 valence electrons. The largest absolute Gasteiger partial charge is 0.326 e. The van der Waals surface area contributed by atoms with Crippen LogP contribution in [0.15, 0.2) is 22.7 Å². The first-order chi connectivity index (χ1) is 8.60. The molecule has 1 aliphatic rings. The molecule has 2 rings (SSSR count). The molecule has 1 saturated carbocycles. The molecule has 0 saturated heterocycles. The van der Waals surface area contributed by atoms with Gasteiger partial charge < -0.3 is 5.73 Å². The lowest BCUT2D eigenvalue weighted by Crippen LogP contribution is -2.29. The molecule has 0 bridgehead atoms. The summed E-state index contributed by atoms with van der Waals surface area (Å²) in [5, 5.41) is 0. The zero-order valence-electron chi connectivity index (χ0n) is 11.3. The van der Waals surface area contributed by atoms with E-state index in [0.29, 0.717) is 6.54 Å². The molecule has 0 radical (unpaired) electrons. The number of halogens is 1. The molecule has 18 heavy (non-hydrogen) atoms. The van der Waals surface area contributed by atoms with Crippen molar-refractivity contribution in [2.75, 3.05) is 6.54 Å². The van der Waals surface area contributed by atoms with Gasteiger partial charge in [0.25, 0.3) is 0 Å². The Bertz CT molecular complexity index is 399. The van der Waals surface area contributed by atoms with Gasteiger partial charge in [-0.05, 0) is 36.0 Å². The topological polar surface area (TPSA) is 29.3 Å². The van der Waals surface area contributed by atoms with Crippen molar-refractivity contribution in [2.24, 2.45) is 11.7 Å². The van der Waals surface area contributed by atoms with Crippen LogP contribution in [0.25, 0.3) is 0 Å². The fraction of sp³-hybridized carbons (Fsp3) is 0.600. The van der Waals surface area contributed by atoms with Crippen LogP contribution in [-0.2, 0) is 13.1 Å². The third kappa shape index (κ3) is 3.81. The summed E-state index contributed by atoms with van der Waals surface area (Å²) in [5.41, 5.74) is 8.23. The predicted octanol–water partition coefficient (Wildman–Crippen LogP) is 3.53. The molecule has 1 aliphatic carbocycles. The minimum absolute atomic E-state index is 0.608. The minimum atomic E-state index is 0.608. The van der Waals surface area contributed by atoms with Crippen LogP contribution >= 0.6 is 15.9 Å². The Morgan fingerprint density at radius 1 is 1.39 bits per heavy atom. The van der Waals surface area contributed by atoms with Gasteiger partial charge in [0, 0.05) is 30.1 Å². The number of hydrogen-bond donors (Lipinski definition) is 1. The van der Waals surface area contributed by atoms with Crippen molar-refractivity contribution >= 4 is 15.9 Å². The number of nitrogens with two attached hydrogens (primary N) is 1. The number of nitrogens with zero attached hydrogens (tertiary/aromatic N) is 1. The lowest BCUT2D eigenvalue weighted by atomic mass is 10.1. The lowest BCUT2D eigenvalue weighted by molar-refractivity contribution is 0.225. The fourth-order valence-electron chi connectivity index (χ4n) is 2.32. The SMILES string of the molecule is CC(C)CN(Cc1ccc(CN)cc1Br)C1CC1. The van der Waals surface area contributed by atoms with Gasteiger partial charge in [-0.2, -0.15) is 0 Å². The summed E-state index contributed by atoms with van der Waals surface area (Å²) in [6, 6.07) is 7.31. The van der Waals surface area contributed by atoms with Crippen LogP contribution in [0.5, 0.6) is 0 Å². The highest BCUT2D eigenvalue weighted by atomic mass is 79.9. The highest BCUT2D eigenvalue weighted by Gasteiger charge is 2.29. The van der Waals surface area contributed by atoms with Crippen LogP contribution in [-0.4, -0.2) is 17.5 Å². The Morgan fingerprint density at radius 3 is 2.61 bits per heavy atom. The van der Waals surface area contributed by atoms with Gasteiger partial charge in [0.15, 0.2) is 0 Å². The van der Waals surface area contributed by atoms with E-state index in [-0.39, 0.29) is 0 Å². The molecule has 2 N–H and O–H groups in total. The van der Waals surface area contributed by atoms with E-state index in [4.69, 9.17) is 5.73 Å². The summed E-state index contributed by atoms with van der Waals surface area (Å²) in [4.78, 5) is 2.62. The Kier molecular flexibility index (Phi) is 4.82. The molecule has 1 aromatic carbocycles. The van der Waals surface area contributed by atoms with Crippen LogP contribution in [0, 0.1) is 5.92 Å². The summed E-state index contributed by atoms with van der Waals surface area (Å²) < 4.78 is 1.19. The third-order valence-electron chi connectivity index (χ3n) is 3.39. The van der Waals surface area contributed by atoms with Crippen molar-refractivity contribution in [3.63, 3.8) is 0 Å². The summed E-state index contributed by atoms with van der Waals surface area (Å²) in [6.07, 6.45) is 2.73. The zero-order valence-corrected chi connectivity index (χ0v) is 12.9. The molecule has 1 aromatic rings. The molecule has 0 unspecified atom stereocenters. The fourth-order valence-corrected chi connectivity index (χ4v) is 2.87. The monoisotopic (exact) mass is 310 g/mol. The van der Waals surface area contributed by atoms with E-state index in [0.717, 1.165) is 18.5 Å². The number of benzene rings is 1. The smallest absolute Gasteiger partial charge is 0.0247 e. The van der Waals surface area contributed by atoms with Gasteiger partial charge in [-0.1, -0.05) is 41.9 Å². The Morgan fingerprint density at radius 2 is 2.11 bits per heavy atom. The zero-order chi connectivity index (χ0) is 13.1. The van der Waals surface area contributed by atoms with Crippen molar-refractivity contribution in [1.29, 1.82) is 0 Å². The molecule has 0 heterocycles. The van der Waals surface area contributed by atoms with Gasteiger partial charge in [0.1, 0.15) is 0 Å². The second-order valence-corrected chi connectivity index (χ2v) is 6.54. The highest BCUT2D eigenvalue weighted by molar-refractivity contribution is 9.10. The quantitative estimate of drug-likeness (QED) is 0.871. The average Bonchev–Trinajstić information content (AvgIpc) is 3.14. The first-order valence-electron chi connectivity index (χ1n) is 6.81. The van der Waals surface area contributed by atoms with Gasteiger partial charge >= 0.3 is 0 Å². The second kappa shape index (κ2) is 6.18. The summed E-state index contributed by atoms with van der Waals surface area (Å²) in [5.74, 6) is 0.729. The summed E-state index contributed by atoms with van der Waals surface area (Å²) >= 11 is 3.67. The molecule has 0 aliphatic heterocycles. The number of rotatable bonds is 6. The van der Waals surface area contributed by atoms with E-state index in [1.165, 1.54) is 35.0 Å². The Labute approximate surface area is 119 Å². The standard InChI is InChI=1S/C15H23BrN2/c1-11(2)9-18(14-5-6-14)10-13-4-3-12(8-17)7-15(13)16/h3-4,7,11,14H,5-6,8-10,17H2,1-2H3. The van der Waals surface area contributed by atoms with E-state index < -0.39 is 0 Å². The molecule has 3 heteroatoms. The van der Waals surface area contributed by atoms with Gasteiger partial charge in [0.2, 0.25) is 0 Å². The normalized spacial score (nSPS) is 15.7. The van der Waals surface area contributed by atoms with Crippen LogP contribution < -0.4 is 5.73 Å². The van der Waals surface area contributed by atoms with Crippen molar-refractivity contribution in [1.82, 2.24) is 4.90 Å². The van der Waals surface area contributed by atoms with Crippen LogP contribution in [0.2, 0.25) is 0 Å². The van der Waals surface area contributed by atoms with Gasteiger partial charge in [-0.25, -0.2) is 0 Å². The summed E-state index contributed by atoms with van der Waals surface area (Å²) in [7, 11) is 0. The maximum Gasteiger partial charge on any atom is 0.0247 e. The first-order valence-corrected chi connectivity index (χ1v) is 7.61. The van der Waals surface area contributed by atoms with Crippen molar-refractivity contribution in [3.8, 4) is 0 Å². The van der Waals surface area contributed by atoms with Gasteiger partial charge in [0.05, 0.1) is 0 Å². The van der Waals surface area contributed by atoms with E-state index in [1.807, 2.05) is 0 Å². The molecule has 2 nitrogen and oxygen atoms in total. The van der Waals surface area contributed by atoms with E-state index >= 15 is 0 Å². The first kappa shape index (κ1) is 14.0. The maximum atomic E-state index is 5.66. The molecule has 1 fully saturated rings. The molecule has 0 amide bonds. The van der Waals surface area contributed by atoms with Crippen molar-refractivity contribution < 1.29 is 0 Å². The maximum absolute atomic E-state index is 5.66. The number of hydrogen-bond acceptors (Lipinski definition) is 2. The highest BCUT2D eigenvalue weighted by Crippen LogP contribution is 2.30. The molecule has 0 atom stereocenters. The van der Waals surface area contributed by atoms with Gasteiger partial charge in [-0.3, -0.25) is 4.90 Å². The van der Waals surface area contributed by atoms with Crippen molar-refractivity contribution in [3.05, 3.63) is 33.8 Å². The average molecular weight is 311 g/mol. The Hall–Kier alpha value is -0.380. The van der Waals surface area contributed by atoms with E-state index in [2.05, 4.69) is 52.9 Å². The van der Waals surface area contributed by atoms with Crippen LogP contribution in [0.3, 0.4) is 0 Å². The summed E-state index contributed by atoms with van der Waals surface area (Å²) in [6.45, 7) is 7.44. The molecular formula is C15H23BrN2. The van der Waals surface area contributed by atoms with Gasteiger partial charge in [-0.15, -0.1) is 0 Å². The van der Waals surface area contributed by atoms with Crippen LogP contribution in [0.1, 0.15) is 37.8 Å². The van der Waals surface area contributed by atoms with E-state index in [9.17, 15) is 0 Å². The lowest BCUT2D eigenvalue weighted by Gasteiger charge is -2.24. The predicted molar refractivity (Wildman–Crippen MR) is 80.3 cm³/mol. The third-order valence-corrected chi connectivity index (χ3v) is 4.13. The molecule has 0 aromatic heterocycles. The second-order valence-electron chi connectivity index (χ2n) is 5.68. The van der Waals surface area contributed by atoms with E-state index in [1.54, 1.807) is 0 Å². The van der Waals surface area contributed by atoms with Crippen LogP contribution in [0.4, 0.5) is 0 Å².